The highest BCUT2D eigenvalue weighted by molar-refractivity contribution is 7.90. The van der Waals surface area contributed by atoms with E-state index in [1.54, 1.807) is 29.5 Å². The van der Waals surface area contributed by atoms with Crippen LogP contribution in [0.3, 0.4) is 0 Å². The van der Waals surface area contributed by atoms with Gasteiger partial charge in [0.05, 0.1) is 16.3 Å². The summed E-state index contributed by atoms with van der Waals surface area (Å²) in [4.78, 5) is 10.4. The van der Waals surface area contributed by atoms with Crippen molar-refractivity contribution in [2.24, 2.45) is 0 Å². The van der Waals surface area contributed by atoms with Crippen molar-refractivity contribution in [1.82, 2.24) is 9.97 Å². The molecule has 0 saturated heterocycles. The standard InChI is InChI=1S/C22H21N3O2S2/c1-14-13-28-22-19(14)21(23-15(2)24-22)25-20(16-8-5-4-6-9-16)17-10-7-11-18(12-17)29(3,26)27/h4-13,20H,1-3H3,(H,23,24,25). The summed E-state index contributed by atoms with van der Waals surface area (Å²) in [6, 6.07) is 16.8. The maximum absolute atomic E-state index is 12.1. The zero-order chi connectivity index (χ0) is 20.6. The molecule has 2 aromatic heterocycles. The zero-order valence-electron chi connectivity index (χ0n) is 16.4. The molecule has 0 fully saturated rings. The Kier molecular flexibility index (Phi) is 5.10. The van der Waals surface area contributed by atoms with Crippen molar-refractivity contribution in [3.8, 4) is 0 Å². The molecule has 0 spiro atoms. The monoisotopic (exact) mass is 423 g/mol. The fourth-order valence-electron chi connectivity index (χ4n) is 3.36. The fourth-order valence-corrected chi connectivity index (χ4v) is 5.00. The number of nitrogens with one attached hydrogen (secondary N) is 1. The molecule has 2 aromatic carbocycles. The van der Waals surface area contributed by atoms with Gasteiger partial charge in [-0.3, -0.25) is 0 Å². The van der Waals surface area contributed by atoms with Crippen molar-refractivity contribution in [1.29, 1.82) is 0 Å². The maximum atomic E-state index is 12.1. The van der Waals surface area contributed by atoms with Gasteiger partial charge >= 0.3 is 0 Å². The molecule has 0 bridgehead atoms. The first-order valence-electron chi connectivity index (χ1n) is 9.17. The Bertz CT molecular complexity index is 1280. The molecule has 29 heavy (non-hydrogen) atoms. The van der Waals surface area contributed by atoms with Crippen molar-refractivity contribution < 1.29 is 8.42 Å². The lowest BCUT2D eigenvalue weighted by molar-refractivity contribution is 0.601. The molecule has 7 heteroatoms. The van der Waals surface area contributed by atoms with Crippen molar-refractivity contribution in [2.75, 3.05) is 11.6 Å². The Morgan fingerprint density at radius 2 is 1.69 bits per heavy atom. The van der Waals surface area contributed by atoms with E-state index in [9.17, 15) is 8.42 Å². The van der Waals surface area contributed by atoms with Gasteiger partial charge in [-0.1, -0.05) is 42.5 Å². The smallest absolute Gasteiger partial charge is 0.175 e. The van der Waals surface area contributed by atoms with Crippen LogP contribution in [0.4, 0.5) is 5.82 Å². The van der Waals surface area contributed by atoms with Crippen molar-refractivity contribution >= 4 is 37.2 Å². The minimum atomic E-state index is -3.30. The second-order valence-corrected chi connectivity index (χ2v) is 9.92. The molecule has 2 heterocycles. The molecule has 0 aliphatic carbocycles. The summed E-state index contributed by atoms with van der Waals surface area (Å²) in [5.74, 6) is 1.45. The average molecular weight is 424 g/mol. The lowest BCUT2D eigenvalue weighted by Gasteiger charge is -2.22. The number of aryl methyl sites for hydroxylation is 2. The molecule has 1 unspecified atom stereocenters. The lowest BCUT2D eigenvalue weighted by Crippen LogP contribution is -2.15. The third-order valence-corrected chi connectivity index (χ3v) is 6.86. The molecule has 0 saturated carbocycles. The first-order valence-corrected chi connectivity index (χ1v) is 11.9. The van der Waals surface area contributed by atoms with Gasteiger partial charge in [0.25, 0.3) is 0 Å². The molecule has 4 aromatic rings. The quantitative estimate of drug-likeness (QED) is 0.494. The van der Waals surface area contributed by atoms with E-state index in [1.807, 2.05) is 50.2 Å². The molecule has 0 radical (unpaired) electrons. The fraction of sp³-hybridized carbons (Fsp3) is 0.182. The predicted octanol–water partition coefficient (Wildman–Crippen LogP) is 4.91. The van der Waals surface area contributed by atoms with Crippen LogP contribution in [0.25, 0.3) is 10.2 Å². The largest absolute Gasteiger partial charge is 0.358 e. The van der Waals surface area contributed by atoms with Crippen LogP contribution in [0.15, 0.2) is 64.9 Å². The highest BCUT2D eigenvalue weighted by atomic mass is 32.2. The van der Waals surface area contributed by atoms with E-state index in [0.717, 1.165) is 32.7 Å². The number of thiophene rings is 1. The summed E-state index contributed by atoms with van der Waals surface area (Å²) < 4.78 is 24.2. The van der Waals surface area contributed by atoms with Gasteiger partial charge in [0.15, 0.2) is 9.84 Å². The molecular formula is C22H21N3O2S2. The van der Waals surface area contributed by atoms with Crippen LogP contribution in [0, 0.1) is 13.8 Å². The number of fused-ring (bicyclic) bond motifs is 1. The minimum absolute atomic E-state index is 0.255. The van der Waals surface area contributed by atoms with Crippen LogP contribution in [0.1, 0.15) is 28.6 Å². The molecule has 0 amide bonds. The average Bonchev–Trinajstić information content (AvgIpc) is 3.06. The third-order valence-electron chi connectivity index (χ3n) is 4.76. The highest BCUT2D eigenvalue weighted by Gasteiger charge is 2.20. The van der Waals surface area contributed by atoms with Crippen LogP contribution in [0.5, 0.6) is 0 Å². The number of hydrogen-bond acceptors (Lipinski definition) is 6. The minimum Gasteiger partial charge on any atom is -0.358 e. The molecule has 4 rings (SSSR count). The zero-order valence-corrected chi connectivity index (χ0v) is 18.0. The van der Waals surface area contributed by atoms with E-state index in [1.165, 1.54) is 6.26 Å². The number of anilines is 1. The maximum Gasteiger partial charge on any atom is 0.175 e. The summed E-state index contributed by atoms with van der Waals surface area (Å²) in [5, 5.41) is 6.64. The second-order valence-electron chi connectivity index (χ2n) is 7.05. The molecule has 5 nitrogen and oxygen atoms in total. The van der Waals surface area contributed by atoms with E-state index in [4.69, 9.17) is 0 Å². The summed E-state index contributed by atoms with van der Waals surface area (Å²) >= 11 is 1.60. The van der Waals surface area contributed by atoms with Crippen LogP contribution >= 0.6 is 11.3 Å². The van der Waals surface area contributed by atoms with Crippen LogP contribution < -0.4 is 5.32 Å². The summed E-state index contributed by atoms with van der Waals surface area (Å²) in [6.07, 6.45) is 1.23. The van der Waals surface area contributed by atoms with Gasteiger partial charge in [-0.25, -0.2) is 18.4 Å². The molecular weight excluding hydrogens is 402 g/mol. The number of aromatic nitrogens is 2. The van der Waals surface area contributed by atoms with Gasteiger partial charge in [0.1, 0.15) is 16.5 Å². The molecule has 1 N–H and O–H groups in total. The molecule has 148 valence electrons. The van der Waals surface area contributed by atoms with Crippen LogP contribution in [-0.4, -0.2) is 24.6 Å². The number of nitrogens with zero attached hydrogens (tertiary/aromatic N) is 2. The number of rotatable bonds is 5. The summed E-state index contributed by atoms with van der Waals surface area (Å²) in [6.45, 7) is 3.92. The van der Waals surface area contributed by atoms with E-state index in [-0.39, 0.29) is 6.04 Å². The SMILES string of the molecule is Cc1nc(NC(c2ccccc2)c2cccc(S(C)(=O)=O)c2)c2c(C)csc2n1. The third kappa shape index (κ3) is 4.02. The van der Waals surface area contributed by atoms with Gasteiger partial charge in [0, 0.05) is 6.26 Å². The Morgan fingerprint density at radius 1 is 0.966 bits per heavy atom. The normalized spacial score (nSPS) is 12.8. The molecule has 0 aliphatic rings. The van der Waals surface area contributed by atoms with Crippen molar-refractivity contribution in [2.45, 2.75) is 24.8 Å². The predicted molar refractivity (Wildman–Crippen MR) is 118 cm³/mol. The van der Waals surface area contributed by atoms with Crippen molar-refractivity contribution in [3.63, 3.8) is 0 Å². The van der Waals surface area contributed by atoms with E-state index >= 15 is 0 Å². The van der Waals surface area contributed by atoms with Gasteiger partial charge in [-0.05, 0) is 48.1 Å². The van der Waals surface area contributed by atoms with Gasteiger partial charge in [-0.2, -0.15) is 0 Å². The Labute approximate surface area is 174 Å². The van der Waals surface area contributed by atoms with Gasteiger partial charge < -0.3 is 5.32 Å². The lowest BCUT2D eigenvalue weighted by atomic mass is 9.98. The second kappa shape index (κ2) is 7.57. The van der Waals surface area contributed by atoms with E-state index in [2.05, 4.69) is 20.7 Å². The highest BCUT2D eigenvalue weighted by Crippen LogP contribution is 2.34. The van der Waals surface area contributed by atoms with E-state index < -0.39 is 9.84 Å². The Balaban J connectivity index is 1.87. The molecule has 1 atom stereocenters. The number of sulfone groups is 1. The number of benzene rings is 2. The summed E-state index contributed by atoms with van der Waals surface area (Å²) in [7, 11) is -3.30. The molecule has 0 aliphatic heterocycles. The number of hydrogen-bond donors (Lipinski definition) is 1. The first kappa shape index (κ1) is 19.5. The van der Waals surface area contributed by atoms with Crippen LogP contribution in [-0.2, 0) is 9.84 Å². The Morgan fingerprint density at radius 3 is 2.41 bits per heavy atom. The topological polar surface area (TPSA) is 72.0 Å². The van der Waals surface area contributed by atoms with E-state index in [0.29, 0.717) is 10.7 Å². The summed E-state index contributed by atoms with van der Waals surface area (Å²) in [5.41, 5.74) is 3.00. The van der Waals surface area contributed by atoms with Gasteiger partial charge in [0.2, 0.25) is 0 Å². The van der Waals surface area contributed by atoms with Crippen molar-refractivity contribution in [3.05, 3.63) is 82.5 Å². The van der Waals surface area contributed by atoms with Gasteiger partial charge in [-0.15, -0.1) is 11.3 Å². The van der Waals surface area contributed by atoms with Crippen LogP contribution in [0.2, 0.25) is 0 Å². The first-order chi connectivity index (χ1) is 13.8. The Hall–Kier alpha value is -2.77.